The fourth-order valence-corrected chi connectivity index (χ4v) is 0.540. The number of hydrogen-bond donors (Lipinski definition) is 1. The molecule has 0 aromatic heterocycles. The zero-order valence-corrected chi connectivity index (χ0v) is 13.4. The van der Waals surface area contributed by atoms with E-state index in [9.17, 15) is 4.21 Å². The van der Waals surface area contributed by atoms with Crippen molar-refractivity contribution in [2.75, 3.05) is 31.6 Å². The van der Waals surface area contributed by atoms with Crippen molar-refractivity contribution >= 4 is 37.2 Å². The van der Waals surface area contributed by atoms with Gasteiger partial charge in [0.2, 0.25) is 12.4 Å². The minimum atomic E-state index is -2.16. The van der Waals surface area contributed by atoms with Gasteiger partial charge in [-0.1, -0.05) is 10.7 Å². The summed E-state index contributed by atoms with van der Waals surface area (Å²) in [5, 5.41) is 23.0. The molecule has 0 aromatic carbocycles. The summed E-state index contributed by atoms with van der Waals surface area (Å²) >= 11 is 0. The van der Waals surface area contributed by atoms with Crippen molar-refractivity contribution in [1.82, 2.24) is 0 Å². The van der Waals surface area contributed by atoms with Crippen LogP contribution in [0.25, 0.3) is 0 Å². The van der Waals surface area contributed by atoms with Gasteiger partial charge in [-0.05, 0) is 19.4 Å². The van der Waals surface area contributed by atoms with Gasteiger partial charge in [0.15, 0.2) is 0 Å². The van der Waals surface area contributed by atoms with Crippen LogP contribution in [-0.4, -0.2) is 57.9 Å². The van der Waals surface area contributed by atoms with Crippen LogP contribution in [0.3, 0.4) is 0 Å². The highest BCUT2D eigenvalue weighted by molar-refractivity contribution is 7.92. The van der Waals surface area contributed by atoms with Gasteiger partial charge < -0.3 is 0 Å². The highest BCUT2D eigenvalue weighted by Crippen LogP contribution is 1.77. The predicted octanol–water partition coefficient (Wildman–Crippen LogP) is 0.458. The molecule has 0 aliphatic rings. The number of hydrogen-bond acceptors (Lipinski definition) is 7. The van der Waals surface area contributed by atoms with Crippen LogP contribution in [0, 0.1) is 22.9 Å². The van der Waals surface area contributed by atoms with Gasteiger partial charge in [-0.15, -0.1) is 4.36 Å². The molecule has 11 heteroatoms. The summed E-state index contributed by atoms with van der Waals surface area (Å²) in [6.45, 7) is 2.08. The van der Waals surface area contributed by atoms with E-state index in [0.717, 1.165) is 0 Å². The molecular formula is C8H18B2N4O3S2. The summed E-state index contributed by atoms with van der Waals surface area (Å²) in [6, 6.07) is 0. The third-order valence-corrected chi connectivity index (χ3v) is 1.58. The third kappa shape index (κ3) is 77.1. The first kappa shape index (κ1) is 30.9. The van der Waals surface area contributed by atoms with Crippen molar-refractivity contribution in [3.8, 4) is 12.4 Å². The van der Waals surface area contributed by atoms with Gasteiger partial charge in [-0.25, -0.2) is 9.10 Å². The van der Waals surface area contributed by atoms with E-state index in [1.165, 1.54) is 18.7 Å². The lowest BCUT2D eigenvalue weighted by atomic mass is 10.8. The smallest absolute Gasteiger partial charge is 0.214 e. The highest BCUT2D eigenvalue weighted by atomic mass is 32.2. The van der Waals surface area contributed by atoms with E-state index in [4.69, 9.17) is 15.8 Å². The Morgan fingerprint density at radius 3 is 1.63 bits per heavy atom. The molecule has 0 bridgehead atoms. The Morgan fingerprint density at radius 1 is 1.26 bits per heavy atom. The topological polar surface area (TPSA) is 119 Å². The normalized spacial score (nSPS) is 7.63. The molecule has 0 unspecified atom stereocenters. The Labute approximate surface area is 122 Å². The molecule has 0 rings (SSSR count). The van der Waals surface area contributed by atoms with E-state index < -0.39 is 9.73 Å². The van der Waals surface area contributed by atoms with Crippen LogP contribution < -0.4 is 0 Å². The van der Waals surface area contributed by atoms with Gasteiger partial charge in [-0.3, -0.25) is 5.26 Å². The van der Waals surface area contributed by atoms with Crippen molar-refractivity contribution in [2.24, 2.45) is 8.73 Å². The summed E-state index contributed by atoms with van der Waals surface area (Å²) in [6.07, 6.45) is 9.77. The Bertz CT molecular complexity index is 395. The maximum absolute atomic E-state index is 10.4. The Hall–Kier alpha value is -0.870. The Balaban J connectivity index is -0.0000000506. The molecule has 0 aromatic rings. The zero-order chi connectivity index (χ0) is 14.3. The van der Waals surface area contributed by atoms with Crippen LogP contribution in [0.5, 0.6) is 0 Å². The summed E-state index contributed by atoms with van der Waals surface area (Å²) in [5.41, 5.74) is 0. The summed E-state index contributed by atoms with van der Waals surface area (Å²) in [5.74, 6) is 0. The average Bonchev–Trinajstić information content (AvgIpc) is 2.17. The fraction of sp³-hybridized carbons (Fsp3) is 0.750. The molecule has 0 aliphatic heterocycles. The molecular weight excluding hydrogens is 286 g/mol. The zero-order valence-electron chi connectivity index (χ0n) is 11.7. The molecule has 106 valence electrons. The molecule has 0 amide bonds. The largest absolute Gasteiger partial charge is 0.252 e. The van der Waals surface area contributed by atoms with E-state index >= 15 is 0 Å². The van der Waals surface area contributed by atoms with E-state index in [0.29, 0.717) is 6.61 Å². The van der Waals surface area contributed by atoms with Crippen molar-refractivity contribution in [2.45, 2.75) is 6.92 Å². The molecule has 0 heterocycles. The number of nitriles is 2. The molecule has 0 fully saturated rings. The molecule has 1 N–H and O–H groups in total. The molecule has 7 nitrogen and oxygen atoms in total. The van der Waals surface area contributed by atoms with Crippen molar-refractivity contribution in [1.29, 1.82) is 10.5 Å². The van der Waals surface area contributed by atoms with Gasteiger partial charge in [0, 0.05) is 29.3 Å². The van der Waals surface area contributed by atoms with Crippen LogP contribution in [0.2, 0.25) is 0 Å². The Morgan fingerprint density at radius 2 is 1.63 bits per heavy atom. The van der Waals surface area contributed by atoms with Gasteiger partial charge in [0.1, 0.15) is 0 Å². The average molecular weight is 304 g/mol. The lowest BCUT2D eigenvalue weighted by molar-refractivity contribution is -0.237. The van der Waals surface area contributed by atoms with Crippen molar-refractivity contribution in [3.63, 3.8) is 0 Å². The molecule has 0 aliphatic carbocycles. The van der Waals surface area contributed by atoms with E-state index in [-0.39, 0.29) is 27.5 Å². The van der Waals surface area contributed by atoms with Crippen molar-refractivity contribution < 1.29 is 14.4 Å². The lowest BCUT2D eigenvalue weighted by Crippen LogP contribution is -1.87. The van der Waals surface area contributed by atoms with Gasteiger partial charge >= 0.3 is 0 Å². The van der Waals surface area contributed by atoms with Crippen molar-refractivity contribution in [3.05, 3.63) is 0 Å². The van der Waals surface area contributed by atoms with Crippen LogP contribution in [0.4, 0.5) is 0 Å². The van der Waals surface area contributed by atoms with Crippen LogP contribution in [-0.2, 0) is 25.3 Å². The minimum absolute atomic E-state index is 0. The van der Waals surface area contributed by atoms with Gasteiger partial charge in [-0.2, -0.15) is 14.9 Å². The van der Waals surface area contributed by atoms with Crippen LogP contribution >= 0.6 is 0 Å². The third-order valence-electron chi connectivity index (χ3n) is 0.613. The first-order chi connectivity index (χ1) is 7.74. The summed E-state index contributed by atoms with van der Waals surface area (Å²) in [4.78, 5) is 3.54. The number of nitrogens with zero attached hydrogens (tertiary/aromatic N) is 4. The molecule has 0 atom stereocenters. The molecule has 6 radical (unpaired) electrons. The quantitative estimate of drug-likeness (QED) is 0.326. The summed E-state index contributed by atoms with van der Waals surface area (Å²) in [7, 11) is -2.21. The lowest BCUT2D eigenvalue weighted by Gasteiger charge is -1.80. The maximum Gasteiger partial charge on any atom is 0.214 e. The van der Waals surface area contributed by atoms with E-state index in [1.807, 2.05) is 12.5 Å². The molecule has 19 heavy (non-hydrogen) atoms. The highest BCUT2D eigenvalue weighted by Gasteiger charge is 1.82. The molecule has 0 saturated heterocycles. The second kappa shape index (κ2) is 22.3. The predicted molar refractivity (Wildman–Crippen MR) is 81.0 cm³/mol. The minimum Gasteiger partial charge on any atom is -0.252 e. The maximum atomic E-state index is 10.4. The van der Waals surface area contributed by atoms with Gasteiger partial charge in [0.05, 0.1) is 16.3 Å². The monoisotopic (exact) mass is 304 g/mol. The second-order valence-electron chi connectivity index (χ2n) is 2.76. The number of rotatable bonds is 1. The van der Waals surface area contributed by atoms with E-state index in [1.54, 1.807) is 13.1 Å². The standard InChI is InChI=1S/C3H6N2OS.C3H6N2S.C2H6O2.2B/c1-7(2,6)5-3-4;1-6(2)5-3-4;1-2-4-3;;/h1-2H3;1-2H3;3H,2H2,1H3;;. The second-order valence-corrected chi connectivity index (χ2v) is 7.03. The van der Waals surface area contributed by atoms with Crippen LogP contribution in [0.1, 0.15) is 6.92 Å². The SMILES string of the molecule is CCOO.CS(C)(=O)=NC#N.CS(C)=NC#N.[B].[B]. The fourth-order valence-electron chi connectivity index (χ4n) is 0.180. The first-order valence-corrected chi connectivity index (χ1v) is 8.57. The molecule has 0 spiro atoms. The van der Waals surface area contributed by atoms with Crippen LogP contribution in [0.15, 0.2) is 8.73 Å². The first-order valence-electron chi connectivity index (χ1n) is 4.24. The summed E-state index contributed by atoms with van der Waals surface area (Å²) < 4.78 is 16.9. The Kier molecular flexibility index (Phi) is 36.3. The molecule has 0 saturated carbocycles. The van der Waals surface area contributed by atoms with E-state index in [2.05, 4.69) is 13.6 Å². The van der Waals surface area contributed by atoms with Gasteiger partial charge in [0.25, 0.3) is 0 Å².